The minimum atomic E-state index is -1.41. The first-order valence-corrected chi connectivity index (χ1v) is 17.4. The van der Waals surface area contributed by atoms with Crippen LogP contribution in [0.15, 0.2) is 60.7 Å². The number of carbonyl (C=O) groups excluding carboxylic acids is 3. The molecule has 2 heterocycles. The summed E-state index contributed by atoms with van der Waals surface area (Å²) < 4.78 is 49.0. The van der Waals surface area contributed by atoms with Crippen molar-refractivity contribution in [3.8, 4) is 0 Å². The zero-order valence-corrected chi connectivity index (χ0v) is 31.2. The highest BCUT2D eigenvalue weighted by molar-refractivity contribution is 5.77. The molecule has 4 rings (SSSR count). The molecule has 8 atom stereocenters. The third kappa shape index (κ3) is 11.3. The Morgan fingerprint density at radius 3 is 1.55 bits per heavy atom. The van der Waals surface area contributed by atoms with Gasteiger partial charge in [0.1, 0.15) is 18.3 Å². The number of aliphatic hydroxyl groups is 1. The first kappa shape index (κ1) is 40.4. The van der Waals surface area contributed by atoms with Crippen LogP contribution in [0.2, 0.25) is 0 Å². The number of aliphatic hydroxyl groups excluding tert-OH is 1. The van der Waals surface area contributed by atoms with Crippen molar-refractivity contribution in [3.05, 3.63) is 71.8 Å². The van der Waals surface area contributed by atoms with Gasteiger partial charge in [-0.2, -0.15) is 0 Å². The summed E-state index contributed by atoms with van der Waals surface area (Å²) in [4.78, 5) is 40.0. The van der Waals surface area contributed by atoms with Crippen LogP contribution >= 0.6 is 0 Å². The highest BCUT2D eigenvalue weighted by atomic mass is 16.7. The average Bonchev–Trinajstić information content (AvgIpc) is 3.06. The zero-order chi connectivity index (χ0) is 37.6. The lowest BCUT2D eigenvalue weighted by molar-refractivity contribution is -0.342. The molecule has 2 aromatic rings. The Morgan fingerprint density at radius 2 is 1.04 bits per heavy atom. The van der Waals surface area contributed by atoms with Gasteiger partial charge >= 0.3 is 17.9 Å². The van der Waals surface area contributed by atoms with Gasteiger partial charge in [-0.05, 0) is 73.4 Å². The van der Waals surface area contributed by atoms with Gasteiger partial charge in [0, 0.05) is 0 Å². The van der Waals surface area contributed by atoms with Crippen LogP contribution < -0.4 is 0 Å². The number of esters is 3. The van der Waals surface area contributed by atoms with Gasteiger partial charge < -0.3 is 43.0 Å². The maximum Gasteiger partial charge on any atom is 0.311 e. The van der Waals surface area contributed by atoms with Crippen LogP contribution in [0.5, 0.6) is 0 Å². The number of benzene rings is 2. The molecule has 51 heavy (non-hydrogen) atoms. The first-order valence-electron chi connectivity index (χ1n) is 17.4. The summed E-state index contributed by atoms with van der Waals surface area (Å²) in [6, 6.07) is 18.9. The number of carbonyl (C=O) groups is 3. The van der Waals surface area contributed by atoms with E-state index in [0.29, 0.717) is 0 Å². The molecule has 0 saturated carbocycles. The number of ether oxygens (including phenoxy) is 8. The van der Waals surface area contributed by atoms with E-state index in [4.69, 9.17) is 37.9 Å². The Hall–Kier alpha value is -3.39. The van der Waals surface area contributed by atoms with Gasteiger partial charge in [-0.15, -0.1) is 0 Å². The predicted molar refractivity (Wildman–Crippen MR) is 185 cm³/mol. The Bertz CT molecular complexity index is 1430. The fourth-order valence-electron chi connectivity index (χ4n) is 5.09. The van der Waals surface area contributed by atoms with Crippen molar-refractivity contribution in [2.45, 2.75) is 125 Å². The maximum absolute atomic E-state index is 13.5. The van der Waals surface area contributed by atoms with Gasteiger partial charge in [0.2, 0.25) is 0 Å². The average molecular weight is 715 g/mol. The van der Waals surface area contributed by atoms with Crippen molar-refractivity contribution < 1.29 is 57.4 Å². The second kappa shape index (κ2) is 17.0. The minimum absolute atomic E-state index is 0.0582. The van der Waals surface area contributed by atoms with Gasteiger partial charge in [0.05, 0.1) is 42.7 Å². The molecule has 2 aliphatic rings. The fraction of sp³-hybridized carbons (Fsp3) is 0.615. The van der Waals surface area contributed by atoms with Gasteiger partial charge in [-0.25, -0.2) is 0 Å². The molecule has 12 nitrogen and oxygen atoms in total. The van der Waals surface area contributed by atoms with Crippen LogP contribution in [0.4, 0.5) is 0 Å². The van der Waals surface area contributed by atoms with Crippen LogP contribution in [0.1, 0.15) is 73.4 Å². The van der Waals surface area contributed by atoms with E-state index in [9.17, 15) is 19.5 Å². The number of hydrogen-bond donors (Lipinski definition) is 1. The molecular formula is C39H54O12. The van der Waals surface area contributed by atoms with Crippen molar-refractivity contribution in [3.63, 3.8) is 0 Å². The Kier molecular flexibility index (Phi) is 13.4. The molecule has 0 unspecified atom stereocenters. The van der Waals surface area contributed by atoms with E-state index in [1.54, 1.807) is 62.3 Å². The van der Waals surface area contributed by atoms with Crippen molar-refractivity contribution >= 4 is 17.9 Å². The summed E-state index contributed by atoms with van der Waals surface area (Å²) in [6.45, 7) is 15.2. The maximum atomic E-state index is 13.5. The summed E-state index contributed by atoms with van der Waals surface area (Å²) in [7, 11) is 0. The lowest BCUT2D eigenvalue weighted by Crippen LogP contribution is -2.63. The summed E-state index contributed by atoms with van der Waals surface area (Å²) >= 11 is 0. The van der Waals surface area contributed by atoms with Crippen LogP contribution in [-0.2, 0) is 65.5 Å². The first-order chi connectivity index (χ1) is 23.8. The second-order valence-corrected chi connectivity index (χ2v) is 16.1. The number of hydrogen-bond acceptors (Lipinski definition) is 12. The molecule has 2 aliphatic heterocycles. The molecule has 0 bridgehead atoms. The lowest BCUT2D eigenvalue weighted by atomic mass is 9.95. The summed E-state index contributed by atoms with van der Waals surface area (Å²) in [5.41, 5.74) is -1.08. The van der Waals surface area contributed by atoms with Gasteiger partial charge in [-0.3, -0.25) is 14.4 Å². The Labute approximate surface area is 301 Å². The van der Waals surface area contributed by atoms with E-state index in [0.717, 1.165) is 11.1 Å². The molecule has 0 amide bonds. The summed E-state index contributed by atoms with van der Waals surface area (Å²) in [5.74, 6) is -1.81. The third-order valence-corrected chi connectivity index (χ3v) is 8.25. The molecule has 0 spiro atoms. The van der Waals surface area contributed by atoms with E-state index in [2.05, 4.69) is 0 Å². The standard InChI is InChI=1S/C39H54O12/c1-37(2,3)34(41)48-27-23-47-33(31(51-36(43)39(7,8)9)29(27)50-35(42)38(4,5)6)49-28-26(44-20-24-16-12-10-13-17-24)22-46-32(40)30(28)45-21-25-18-14-11-15-19-25/h10-19,26-33,40H,20-23H2,1-9H3/t26-,27-,28+,29+,30-,31-,32+,33+/m1/s1. The summed E-state index contributed by atoms with van der Waals surface area (Å²) in [5, 5.41) is 11.1. The molecule has 282 valence electrons. The smallest absolute Gasteiger partial charge is 0.311 e. The van der Waals surface area contributed by atoms with Crippen LogP contribution in [-0.4, -0.2) is 85.4 Å². The minimum Gasteiger partial charge on any atom is -0.455 e. The zero-order valence-electron chi connectivity index (χ0n) is 31.2. The molecule has 2 fully saturated rings. The molecule has 0 radical (unpaired) electrons. The fourth-order valence-corrected chi connectivity index (χ4v) is 5.09. The van der Waals surface area contributed by atoms with Gasteiger partial charge in [0.15, 0.2) is 30.9 Å². The largest absolute Gasteiger partial charge is 0.455 e. The highest BCUT2D eigenvalue weighted by Gasteiger charge is 2.53. The summed E-state index contributed by atoms with van der Waals surface area (Å²) in [6.07, 6.45) is -9.56. The topological polar surface area (TPSA) is 145 Å². The quantitative estimate of drug-likeness (QED) is 0.244. The van der Waals surface area contributed by atoms with Crippen LogP contribution in [0, 0.1) is 16.2 Å². The molecule has 1 N–H and O–H groups in total. The van der Waals surface area contributed by atoms with Crippen molar-refractivity contribution in [2.24, 2.45) is 16.2 Å². The van der Waals surface area contributed by atoms with Crippen LogP contribution in [0.3, 0.4) is 0 Å². The Morgan fingerprint density at radius 1 is 0.588 bits per heavy atom. The van der Waals surface area contributed by atoms with E-state index in [-0.39, 0.29) is 26.4 Å². The molecule has 12 heteroatoms. The van der Waals surface area contributed by atoms with Crippen molar-refractivity contribution in [1.29, 1.82) is 0 Å². The Balaban J connectivity index is 1.72. The lowest BCUT2D eigenvalue weighted by Gasteiger charge is -2.46. The number of rotatable bonds is 11. The van der Waals surface area contributed by atoms with Crippen LogP contribution in [0.25, 0.3) is 0 Å². The SMILES string of the molecule is CC(C)(C)C(=O)O[C@@H]1[C@@H](OC(=O)C(C)(C)C)[C@H](O[C@@H]2[C@@H](OCc3ccccc3)[C@@H](O)OC[C@H]2OCc2ccccc2)OC[C@H]1OC(=O)C(C)(C)C. The monoisotopic (exact) mass is 714 g/mol. The second-order valence-electron chi connectivity index (χ2n) is 16.1. The van der Waals surface area contributed by atoms with E-state index in [1.807, 2.05) is 60.7 Å². The van der Waals surface area contributed by atoms with Crippen molar-refractivity contribution in [1.82, 2.24) is 0 Å². The molecule has 2 saturated heterocycles. The molecule has 0 aliphatic carbocycles. The van der Waals surface area contributed by atoms with Gasteiger partial charge in [-0.1, -0.05) is 60.7 Å². The van der Waals surface area contributed by atoms with E-state index >= 15 is 0 Å². The van der Waals surface area contributed by atoms with Gasteiger partial charge in [0.25, 0.3) is 0 Å². The molecule has 0 aromatic heterocycles. The van der Waals surface area contributed by atoms with E-state index in [1.165, 1.54) is 0 Å². The normalized spacial score (nSPS) is 27.3. The van der Waals surface area contributed by atoms with Crippen molar-refractivity contribution in [2.75, 3.05) is 13.2 Å². The third-order valence-electron chi connectivity index (χ3n) is 8.25. The molecule has 2 aromatic carbocycles. The molecular weight excluding hydrogens is 660 g/mol. The van der Waals surface area contributed by atoms with E-state index < -0.39 is 83.4 Å². The highest BCUT2D eigenvalue weighted by Crippen LogP contribution is 2.34. The predicted octanol–water partition coefficient (Wildman–Crippen LogP) is 5.12.